The Morgan fingerprint density at radius 3 is 2.18 bits per heavy atom. The van der Waals surface area contributed by atoms with E-state index in [1.165, 1.54) is 5.56 Å². The van der Waals surface area contributed by atoms with Gasteiger partial charge in [-0.2, -0.15) is 0 Å². The molecule has 1 aliphatic heterocycles. The first-order valence-corrected chi connectivity index (χ1v) is 13.1. The molecule has 1 fully saturated rings. The van der Waals surface area contributed by atoms with Crippen LogP contribution in [0.2, 0.25) is 0 Å². The average molecular weight is 515 g/mol. The molecular formula is C32H38N2O4. The van der Waals surface area contributed by atoms with Crippen molar-refractivity contribution in [2.45, 2.75) is 32.4 Å². The van der Waals surface area contributed by atoms with E-state index in [9.17, 15) is 4.79 Å². The summed E-state index contributed by atoms with van der Waals surface area (Å²) in [6.45, 7) is 5.17. The van der Waals surface area contributed by atoms with Crippen LogP contribution in [0.5, 0.6) is 17.2 Å². The zero-order chi connectivity index (χ0) is 26.9. The van der Waals surface area contributed by atoms with Crippen LogP contribution >= 0.6 is 0 Å². The number of benzene rings is 3. The Balaban J connectivity index is 1.62. The lowest BCUT2D eigenvalue weighted by atomic mass is 10.1. The van der Waals surface area contributed by atoms with E-state index in [-0.39, 0.29) is 11.9 Å². The van der Waals surface area contributed by atoms with Gasteiger partial charge < -0.3 is 19.1 Å². The molecule has 0 bridgehead atoms. The third-order valence-electron chi connectivity index (χ3n) is 7.01. The molecule has 1 unspecified atom stereocenters. The molecule has 200 valence electrons. The highest BCUT2D eigenvalue weighted by molar-refractivity contribution is 5.96. The number of carbonyl (C=O) groups is 1. The minimum atomic E-state index is -0.0587. The van der Waals surface area contributed by atoms with Gasteiger partial charge in [0, 0.05) is 31.2 Å². The number of carbonyl (C=O) groups excluding carboxylic acids is 1. The molecule has 6 nitrogen and oxygen atoms in total. The Bertz CT molecular complexity index is 1200. The molecule has 0 spiro atoms. The minimum Gasteiger partial charge on any atom is -0.493 e. The van der Waals surface area contributed by atoms with Gasteiger partial charge in [-0.3, -0.25) is 9.69 Å². The van der Waals surface area contributed by atoms with Crippen LogP contribution in [-0.2, 0) is 6.54 Å². The molecule has 4 rings (SSSR count). The normalized spacial score (nSPS) is 15.8. The lowest BCUT2D eigenvalue weighted by Crippen LogP contribution is -2.43. The van der Waals surface area contributed by atoms with Gasteiger partial charge in [0.15, 0.2) is 11.5 Å². The second-order valence-electron chi connectivity index (χ2n) is 9.75. The van der Waals surface area contributed by atoms with Gasteiger partial charge in [-0.15, -0.1) is 0 Å². The number of nitrogens with zero attached hydrogens (tertiary/aromatic N) is 2. The summed E-state index contributed by atoms with van der Waals surface area (Å²) in [6.07, 6.45) is 4.34. The lowest BCUT2D eigenvalue weighted by molar-refractivity contribution is 0.0718. The van der Waals surface area contributed by atoms with Crippen LogP contribution in [0.4, 0.5) is 0 Å². The fraction of sp³-hybridized carbons (Fsp3) is 0.344. The molecule has 0 aliphatic carbocycles. The fourth-order valence-corrected chi connectivity index (χ4v) is 5.17. The molecule has 1 heterocycles. The Kier molecular flexibility index (Phi) is 9.44. The second kappa shape index (κ2) is 13.2. The topological polar surface area (TPSA) is 51.2 Å². The smallest absolute Gasteiger partial charge is 0.254 e. The number of hydrogen-bond acceptors (Lipinski definition) is 5. The second-order valence-corrected chi connectivity index (χ2v) is 9.75. The monoisotopic (exact) mass is 514 g/mol. The van der Waals surface area contributed by atoms with Crippen LogP contribution in [0.1, 0.15) is 41.3 Å². The molecule has 38 heavy (non-hydrogen) atoms. The summed E-state index contributed by atoms with van der Waals surface area (Å²) in [6, 6.07) is 24.5. The first-order valence-electron chi connectivity index (χ1n) is 13.1. The largest absolute Gasteiger partial charge is 0.493 e. The third kappa shape index (κ3) is 6.75. The molecule has 1 saturated heterocycles. The summed E-state index contributed by atoms with van der Waals surface area (Å²) < 4.78 is 16.5. The lowest BCUT2D eigenvalue weighted by Gasteiger charge is -2.31. The SMILES string of the molecule is COc1cc(C(=O)N(CC(C)=Cc2ccccc2)CC2CCCN2Cc2ccccc2)cc(OC)c1OC. The van der Waals surface area contributed by atoms with Crippen molar-refractivity contribution in [3.8, 4) is 17.2 Å². The van der Waals surface area contributed by atoms with Crippen molar-refractivity contribution in [1.82, 2.24) is 9.80 Å². The van der Waals surface area contributed by atoms with Crippen LogP contribution < -0.4 is 14.2 Å². The maximum absolute atomic E-state index is 14.0. The maximum Gasteiger partial charge on any atom is 0.254 e. The fourth-order valence-electron chi connectivity index (χ4n) is 5.17. The predicted molar refractivity (Wildman–Crippen MR) is 152 cm³/mol. The molecule has 0 N–H and O–H groups in total. The van der Waals surface area contributed by atoms with Crippen molar-refractivity contribution in [2.75, 3.05) is 41.0 Å². The molecule has 0 saturated carbocycles. The van der Waals surface area contributed by atoms with Crippen molar-refractivity contribution in [2.24, 2.45) is 0 Å². The van der Waals surface area contributed by atoms with Gasteiger partial charge in [-0.05, 0) is 49.6 Å². The van der Waals surface area contributed by atoms with Gasteiger partial charge >= 0.3 is 0 Å². The highest BCUT2D eigenvalue weighted by atomic mass is 16.5. The number of amides is 1. The summed E-state index contributed by atoms with van der Waals surface area (Å²) in [5.74, 6) is 1.36. The molecular weight excluding hydrogens is 476 g/mol. The molecule has 0 aromatic heterocycles. The molecule has 3 aromatic rings. The van der Waals surface area contributed by atoms with Crippen molar-refractivity contribution < 1.29 is 19.0 Å². The molecule has 1 atom stereocenters. The van der Waals surface area contributed by atoms with Crippen molar-refractivity contribution >= 4 is 12.0 Å². The van der Waals surface area contributed by atoms with Crippen molar-refractivity contribution in [3.05, 3.63) is 95.1 Å². The number of methoxy groups -OCH3 is 3. The van der Waals surface area contributed by atoms with Crippen LogP contribution in [0.25, 0.3) is 6.08 Å². The molecule has 0 radical (unpaired) electrons. The van der Waals surface area contributed by atoms with E-state index in [0.29, 0.717) is 35.9 Å². The predicted octanol–water partition coefficient (Wildman–Crippen LogP) is 5.92. The molecule has 1 amide bonds. The number of rotatable bonds is 11. The number of likely N-dealkylation sites (tertiary alicyclic amines) is 1. The van der Waals surface area contributed by atoms with Gasteiger partial charge in [-0.1, -0.05) is 72.3 Å². The van der Waals surface area contributed by atoms with E-state index >= 15 is 0 Å². The van der Waals surface area contributed by atoms with E-state index in [1.54, 1.807) is 33.5 Å². The summed E-state index contributed by atoms with van der Waals surface area (Å²) >= 11 is 0. The summed E-state index contributed by atoms with van der Waals surface area (Å²) in [5, 5.41) is 0. The Labute approximate surface area is 226 Å². The van der Waals surface area contributed by atoms with Crippen LogP contribution in [0.3, 0.4) is 0 Å². The zero-order valence-corrected chi connectivity index (χ0v) is 22.9. The van der Waals surface area contributed by atoms with E-state index in [0.717, 1.165) is 37.1 Å². The van der Waals surface area contributed by atoms with Gasteiger partial charge in [0.1, 0.15) is 0 Å². The van der Waals surface area contributed by atoms with Crippen molar-refractivity contribution in [3.63, 3.8) is 0 Å². The van der Waals surface area contributed by atoms with E-state index in [4.69, 9.17) is 14.2 Å². The van der Waals surface area contributed by atoms with Crippen LogP contribution in [0, 0.1) is 0 Å². The maximum atomic E-state index is 14.0. The van der Waals surface area contributed by atoms with Crippen molar-refractivity contribution in [1.29, 1.82) is 0 Å². The van der Waals surface area contributed by atoms with Crippen LogP contribution in [0.15, 0.2) is 78.4 Å². The highest BCUT2D eigenvalue weighted by Gasteiger charge is 2.29. The summed E-state index contributed by atoms with van der Waals surface area (Å²) in [4.78, 5) is 18.5. The molecule has 3 aromatic carbocycles. The third-order valence-corrected chi connectivity index (χ3v) is 7.01. The van der Waals surface area contributed by atoms with E-state index in [1.807, 2.05) is 29.2 Å². The zero-order valence-electron chi connectivity index (χ0n) is 22.9. The molecule has 6 heteroatoms. The highest BCUT2D eigenvalue weighted by Crippen LogP contribution is 2.38. The summed E-state index contributed by atoms with van der Waals surface area (Å²) in [5.41, 5.74) is 4.04. The van der Waals surface area contributed by atoms with Gasteiger partial charge in [0.25, 0.3) is 5.91 Å². The quantitative estimate of drug-likeness (QED) is 0.318. The Hall–Kier alpha value is -3.77. The van der Waals surface area contributed by atoms with Gasteiger partial charge in [0.2, 0.25) is 5.75 Å². The Morgan fingerprint density at radius 2 is 1.58 bits per heavy atom. The molecule has 1 aliphatic rings. The number of hydrogen-bond donors (Lipinski definition) is 0. The first kappa shape index (κ1) is 27.3. The number of ether oxygens (including phenoxy) is 3. The first-order chi connectivity index (χ1) is 18.5. The van der Waals surface area contributed by atoms with E-state index < -0.39 is 0 Å². The average Bonchev–Trinajstić information content (AvgIpc) is 3.38. The van der Waals surface area contributed by atoms with E-state index in [2.05, 4.69) is 54.3 Å². The van der Waals surface area contributed by atoms with Gasteiger partial charge in [-0.25, -0.2) is 0 Å². The standard InChI is InChI=1S/C32H38N2O4/c1-24(18-25-12-7-5-8-13-25)21-34(23-28-16-11-17-33(28)22-26-14-9-6-10-15-26)32(35)27-19-29(36-2)31(38-4)30(20-27)37-3/h5-10,12-15,18-20,28H,11,16-17,21-23H2,1-4H3. The summed E-state index contributed by atoms with van der Waals surface area (Å²) in [7, 11) is 4.69. The minimum absolute atomic E-state index is 0.0587. The van der Waals surface area contributed by atoms with Gasteiger partial charge in [0.05, 0.1) is 21.3 Å². The van der Waals surface area contributed by atoms with Crippen LogP contribution in [-0.4, -0.2) is 62.7 Å². The Morgan fingerprint density at radius 1 is 0.947 bits per heavy atom.